The summed E-state index contributed by atoms with van der Waals surface area (Å²) in [5.74, 6) is 2.18. The normalized spacial score (nSPS) is 24.8. The second-order valence-electron chi connectivity index (χ2n) is 6.35. The second-order valence-corrected chi connectivity index (χ2v) is 6.35. The highest BCUT2D eigenvalue weighted by molar-refractivity contribution is 4.99. The molecule has 2 rings (SSSR count). The third-order valence-electron chi connectivity index (χ3n) is 4.78. The van der Waals surface area contributed by atoms with E-state index in [-0.39, 0.29) is 6.10 Å². The Morgan fingerprint density at radius 3 is 2.65 bits per heavy atom. The molecule has 20 heavy (non-hydrogen) atoms. The average molecular weight is 278 g/mol. The number of unbranched alkanes of at least 4 members (excludes halogenated alkanes) is 1. The average Bonchev–Trinajstić information content (AvgIpc) is 2.93. The van der Waals surface area contributed by atoms with E-state index in [0.29, 0.717) is 5.92 Å². The van der Waals surface area contributed by atoms with E-state index in [1.54, 1.807) is 0 Å². The first-order chi connectivity index (χ1) is 9.76. The highest BCUT2D eigenvalue weighted by Crippen LogP contribution is 2.38. The van der Waals surface area contributed by atoms with E-state index in [1.807, 2.05) is 12.4 Å². The van der Waals surface area contributed by atoms with Gasteiger partial charge >= 0.3 is 0 Å². The Hall–Kier alpha value is -0.830. The maximum absolute atomic E-state index is 10.6. The molecule has 0 amide bonds. The van der Waals surface area contributed by atoms with Crippen LogP contribution in [0, 0.1) is 11.8 Å². The summed E-state index contributed by atoms with van der Waals surface area (Å²) in [7, 11) is 0. The zero-order chi connectivity index (χ0) is 14.4. The molecule has 0 aliphatic heterocycles. The molecule has 1 aliphatic carbocycles. The maximum atomic E-state index is 10.6. The van der Waals surface area contributed by atoms with Crippen LogP contribution in [-0.2, 0) is 6.54 Å². The lowest BCUT2D eigenvalue weighted by Gasteiger charge is -2.31. The van der Waals surface area contributed by atoms with Gasteiger partial charge in [-0.3, -0.25) is 0 Å². The number of hydrogen-bond donors (Lipinski definition) is 1. The monoisotopic (exact) mass is 278 g/mol. The lowest BCUT2D eigenvalue weighted by Crippen LogP contribution is -2.23. The summed E-state index contributed by atoms with van der Waals surface area (Å²) in [5, 5.41) is 10.6. The Balaban J connectivity index is 1.87. The number of rotatable bonds is 7. The molecule has 1 saturated carbocycles. The van der Waals surface area contributed by atoms with Crippen molar-refractivity contribution < 1.29 is 5.11 Å². The minimum absolute atomic E-state index is 0.372. The van der Waals surface area contributed by atoms with Crippen molar-refractivity contribution in [3.05, 3.63) is 18.2 Å². The Morgan fingerprint density at radius 2 is 2.00 bits per heavy atom. The fourth-order valence-electron chi connectivity index (χ4n) is 3.51. The largest absolute Gasteiger partial charge is 0.385 e. The van der Waals surface area contributed by atoms with E-state index < -0.39 is 0 Å². The number of hydrogen-bond acceptors (Lipinski definition) is 2. The summed E-state index contributed by atoms with van der Waals surface area (Å²) >= 11 is 0. The van der Waals surface area contributed by atoms with Crippen LogP contribution in [0.4, 0.5) is 0 Å². The van der Waals surface area contributed by atoms with Gasteiger partial charge in [-0.15, -0.1) is 0 Å². The van der Waals surface area contributed by atoms with Crippen molar-refractivity contribution in [2.45, 2.75) is 77.9 Å². The van der Waals surface area contributed by atoms with Crippen LogP contribution in [0.5, 0.6) is 0 Å². The first-order valence-electron chi connectivity index (χ1n) is 8.45. The smallest absolute Gasteiger partial charge is 0.137 e. The molecule has 0 aromatic carbocycles. The van der Waals surface area contributed by atoms with Crippen molar-refractivity contribution in [2.24, 2.45) is 11.8 Å². The zero-order valence-corrected chi connectivity index (χ0v) is 13.1. The Bertz CT molecular complexity index is 380. The SMILES string of the molecule is CCCCC1CCC(C(O)c2nccn2CCC)CC1. The minimum atomic E-state index is -0.372. The summed E-state index contributed by atoms with van der Waals surface area (Å²) in [6.45, 7) is 5.39. The highest BCUT2D eigenvalue weighted by Gasteiger charge is 2.29. The Morgan fingerprint density at radius 1 is 1.25 bits per heavy atom. The third-order valence-corrected chi connectivity index (χ3v) is 4.78. The van der Waals surface area contributed by atoms with E-state index in [4.69, 9.17) is 0 Å². The van der Waals surface area contributed by atoms with Crippen molar-refractivity contribution >= 4 is 0 Å². The number of nitrogens with zero attached hydrogens (tertiary/aromatic N) is 2. The van der Waals surface area contributed by atoms with Crippen LogP contribution >= 0.6 is 0 Å². The Kier molecular flexibility index (Phi) is 6.08. The molecule has 1 fully saturated rings. The summed E-state index contributed by atoms with van der Waals surface area (Å²) in [6, 6.07) is 0. The molecular formula is C17H30N2O. The first kappa shape index (κ1) is 15.6. The first-order valence-corrected chi connectivity index (χ1v) is 8.45. The van der Waals surface area contributed by atoms with Gasteiger partial charge in [-0.05, 0) is 31.1 Å². The molecule has 1 aliphatic rings. The molecule has 0 radical (unpaired) electrons. The van der Waals surface area contributed by atoms with Gasteiger partial charge in [-0.1, -0.05) is 46.0 Å². The number of aliphatic hydroxyl groups excluding tert-OH is 1. The molecule has 1 unspecified atom stereocenters. The van der Waals surface area contributed by atoms with Gasteiger partial charge in [0.05, 0.1) is 0 Å². The molecule has 0 bridgehead atoms. The van der Waals surface area contributed by atoms with Gasteiger partial charge in [0.15, 0.2) is 0 Å². The molecule has 0 spiro atoms. The van der Waals surface area contributed by atoms with Crippen LogP contribution in [0.1, 0.15) is 77.1 Å². The summed E-state index contributed by atoms with van der Waals surface area (Å²) in [6.07, 6.45) is 13.5. The summed E-state index contributed by atoms with van der Waals surface area (Å²) in [5.41, 5.74) is 0. The van der Waals surface area contributed by atoms with Crippen molar-refractivity contribution in [3.8, 4) is 0 Å². The summed E-state index contributed by atoms with van der Waals surface area (Å²) in [4.78, 5) is 4.39. The molecule has 1 N–H and O–H groups in total. The van der Waals surface area contributed by atoms with E-state index in [9.17, 15) is 5.11 Å². The quantitative estimate of drug-likeness (QED) is 0.806. The molecule has 3 nitrogen and oxygen atoms in total. The van der Waals surface area contributed by atoms with Crippen molar-refractivity contribution in [3.63, 3.8) is 0 Å². The lowest BCUT2D eigenvalue weighted by molar-refractivity contribution is 0.0622. The standard InChI is InChI=1S/C17H30N2O/c1-3-5-6-14-7-9-15(10-8-14)16(20)17-18-11-13-19(17)12-4-2/h11,13-16,20H,3-10,12H2,1-2H3. The maximum Gasteiger partial charge on any atom is 0.137 e. The van der Waals surface area contributed by atoms with Crippen LogP contribution in [0.15, 0.2) is 12.4 Å². The zero-order valence-electron chi connectivity index (χ0n) is 13.1. The molecule has 0 saturated heterocycles. The number of imidazole rings is 1. The van der Waals surface area contributed by atoms with Crippen LogP contribution in [-0.4, -0.2) is 14.7 Å². The van der Waals surface area contributed by atoms with E-state index in [0.717, 1.165) is 37.5 Å². The van der Waals surface area contributed by atoms with Gasteiger partial charge in [0.1, 0.15) is 11.9 Å². The molecule has 1 aromatic heterocycles. The van der Waals surface area contributed by atoms with E-state index in [1.165, 1.54) is 32.1 Å². The van der Waals surface area contributed by atoms with Crippen molar-refractivity contribution in [2.75, 3.05) is 0 Å². The Labute approximate surface area is 123 Å². The number of aryl methyl sites for hydroxylation is 1. The summed E-state index contributed by atoms with van der Waals surface area (Å²) < 4.78 is 2.12. The van der Waals surface area contributed by atoms with Gasteiger partial charge in [0, 0.05) is 18.9 Å². The molecule has 1 atom stereocenters. The molecular weight excluding hydrogens is 248 g/mol. The number of aromatic nitrogens is 2. The molecule has 1 aromatic rings. The van der Waals surface area contributed by atoms with Crippen molar-refractivity contribution in [1.29, 1.82) is 0 Å². The topological polar surface area (TPSA) is 38.1 Å². The fraction of sp³-hybridized carbons (Fsp3) is 0.824. The van der Waals surface area contributed by atoms with Gasteiger partial charge in [0.2, 0.25) is 0 Å². The second kappa shape index (κ2) is 7.82. The highest BCUT2D eigenvalue weighted by atomic mass is 16.3. The lowest BCUT2D eigenvalue weighted by atomic mass is 9.77. The van der Waals surface area contributed by atoms with Gasteiger partial charge in [-0.25, -0.2) is 4.98 Å². The van der Waals surface area contributed by atoms with Crippen LogP contribution in [0.3, 0.4) is 0 Å². The number of aliphatic hydroxyl groups is 1. The minimum Gasteiger partial charge on any atom is -0.385 e. The predicted octanol–water partition coefficient (Wildman–Crippen LogP) is 4.32. The molecule has 3 heteroatoms. The fourth-order valence-corrected chi connectivity index (χ4v) is 3.51. The van der Waals surface area contributed by atoms with Gasteiger partial charge < -0.3 is 9.67 Å². The van der Waals surface area contributed by atoms with Gasteiger partial charge in [0.25, 0.3) is 0 Å². The molecule has 1 heterocycles. The predicted molar refractivity (Wildman–Crippen MR) is 82.5 cm³/mol. The van der Waals surface area contributed by atoms with E-state index in [2.05, 4.69) is 23.4 Å². The van der Waals surface area contributed by atoms with Crippen LogP contribution in [0.2, 0.25) is 0 Å². The van der Waals surface area contributed by atoms with Crippen LogP contribution < -0.4 is 0 Å². The van der Waals surface area contributed by atoms with Crippen molar-refractivity contribution in [1.82, 2.24) is 9.55 Å². The van der Waals surface area contributed by atoms with Gasteiger partial charge in [-0.2, -0.15) is 0 Å². The van der Waals surface area contributed by atoms with E-state index >= 15 is 0 Å². The molecule has 114 valence electrons. The third kappa shape index (κ3) is 3.85. The van der Waals surface area contributed by atoms with Crippen LogP contribution in [0.25, 0.3) is 0 Å².